The first-order valence-corrected chi connectivity index (χ1v) is 10.1. The number of pyridine rings is 1. The largest absolute Gasteiger partial charge is 1.00 e. The smallest absolute Gasteiger partial charge is 0.501 e. The standard InChI is InChI=1S/C16H31N2O3Si.ClH/c1-6-19-22(20-7-2,21-8-3)15-9-12-18-13-10-16(11-14-18)17(4)5;/h10-11,13-14H,6-9,12,15H2,1-5H3;1H/q+1;/p-1. The molecule has 0 fully saturated rings. The number of aryl methyl sites for hydroxylation is 1. The lowest BCUT2D eigenvalue weighted by Crippen LogP contribution is -3.00. The molecule has 0 N–H and O–H groups in total. The van der Waals surface area contributed by atoms with Crippen LogP contribution in [0.3, 0.4) is 0 Å². The van der Waals surface area contributed by atoms with Gasteiger partial charge in [0.1, 0.15) is 6.54 Å². The van der Waals surface area contributed by atoms with Crippen LogP contribution in [0.15, 0.2) is 24.5 Å². The fourth-order valence-corrected chi connectivity index (χ4v) is 4.97. The van der Waals surface area contributed by atoms with Gasteiger partial charge in [0, 0.05) is 64.2 Å². The van der Waals surface area contributed by atoms with Crippen LogP contribution < -0.4 is 21.9 Å². The molecule has 5 nitrogen and oxygen atoms in total. The Morgan fingerprint density at radius 1 is 0.957 bits per heavy atom. The van der Waals surface area contributed by atoms with Crippen LogP contribution in [-0.2, 0) is 19.8 Å². The molecule has 0 aliphatic rings. The second-order valence-electron chi connectivity index (χ2n) is 5.27. The van der Waals surface area contributed by atoms with E-state index in [1.54, 1.807) is 0 Å². The fraction of sp³-hybridized carbons (Fsp3) is 0.688. The van der Waals surface area contributed by atoms with Crippen LogP contribution in [0.2, 0.25) is 6.04 Å². The molecule has 0 atom stereocenters. The van der Waals surface area contributed by atoms with Gasteiger partial charge in [0.15, 0.2) is 12.4 Å². The Morgan fingerprint density at radius 2 is 1.43 bits per heavy atom. The third-order valence-electron chi connectivity index (χ3n) is 3.38. The minimum atomic E-state index is -2.50. The number of aromatic nitrogens is 1. The molecule has 0 spiro atoms. The lowest BCUT2D eigenvalue weighted by molar-refractivity contribution is -0.696. The molecule has 7 heteroatoms. The molecule has 134 valence electrons. The summed E-state index contributed by atoms with van der Waals surface area (Å²) >= 11 is 0. The molecule has 23 heavy (non-hydrogen) atoms. The van der Waals surface area contributed by atoms with Crippen LogP contribution >= 0.6 is 0 Å². The van der Waals surface area contributed by atoms with Crippen molar-refractivity contribution in [2.24, 2.45) is 0 Å². The quantitative estimate of drug-likeness (QED) is 0.392. The number of halogens is 1. The second kappa shape index (κ2) is 11.8. The van der Waals surface area contributed by atoms with Gasteiger partial charge in [-0.3, -0.25) is 0 Å². The van der Waals surface area contributed by atoms with Gasteiger partial charge in [-0.05, 0) is 20.8 Å². The third-order valence-corrected chi connectivity index (χ3v) is 6.53. The first-order chi connectivity index (χ1) is 10.6. The van der Waals surface area contributed by atoms with Gasteiger partial charge >= 0.3 is 8.80 Å². The van der Waals surface area contributed by atoms with Gasteiger partial charge in [-0.15, -0.1) is 0 Å². The highest BCUT2D eigenvalue weighted by Gasteiger charge is 2.40. The Morgan fingerprint density at radius 3 is 1.83 bits per heavy atom. The highest BCUT2D eigenvalue weighted by atomic mass is 35.5. The average molecular weight is 363 g/mol. The maximum atomic E-state index is 5.88. The Hall–Kier alpha value is -0.663. The van der Waals surface area contributed by atoms with Crippen molar-refractivity contribution in [2.45, 2.75) is 39.8 Å². The zero-order valence-electron chi connectivity index (χ0n) is 15.0. The van der Waals surface area contributed by atoms with E-state index < -0.39 is 8.80 Å². The summed E-state index contributed by atoms with van der Waals surface area (Å²) in [6, 6.07) is 5.10. The van der Waals surface area contributed by atoms with Crippen molar-refractivity contribution in [1.29, 1.82) is 0 Å². The molecule has 0 aliphatic carbocycles. The van der Waals surface area contributed by atoms with Crippen LogP contribution in [-0.4, -0.2) is 42.7 Å². The third kappa shape index (κ3) is 7.63. The van der Waals surface area contributed by atoms with E-state index in [0.717, 1.165) is 19.0 Å². The minimum Gasteiger partial charge on any atom is -1.00 e. The molecule has 0 saturated heterocycles. The van der Waals surface area contributed by atoms with Crippen LogP contribution in [0.1, 0.15) is 27.2 Å². The Bertz CT molecular complexity index is 401. The first-order valence-electron chi connectivity index (χ1n) is 8.15. The molecule has 0 saturated carbocycles. The zero-order valence-corrected chi connectivity index (χ0v) is 16.8. The van der Waals surface area contributed by atoms with Crippen LogP contribution in [0, 0.1) is 0 Å². The predicted molar refractivity (Wildman–Crippen MR) is 91.0 cm³/mol. The topological polar surface area (TPSA) is 34.8 Å². The molecule has 0 aromatic carbocycles. The molecule has 0 bridgehead atoms. The van der Waals surface area contributed by atoms with Crippen molar-refractivity contribution in [3.05, 3.63) is 24.5 Å². The molecule has 1 aromatic heterocycles. The number of hydrogen-bond donors (Lipinski definition) is 0. The molecule has 1 heterocycles. The monoisotopic (exact) mass is 362 g/mol. The van der Waals surface area contributed by atoms with E-state index in [1.807, 2.05) is 34.9 Å². The molecular weight excluding hydrogens is 332 g/mol. The van der Waals surface area contributed by atoms with Crippen molar-refractivity contribution in [3.8, 4) is 0 Å². The van der Waals surface area contributed by atoms with Gasteiger partial charge in [-0.1, -0.05) is 0 Å². The van der Waals surface area contributed by atoms with Crippen LogP contribution in [0.25, 0.3) is 0 Å². The van der Waals surface area contributed by atoms with Crippen molar-refractivity contribution >= 4 is 14.5 Å². The van der Waals surface area contributed by atoms with Gasteiger partial charge in [0.25, 0.3) is 0 Å². The number of rotatable bonds is 11. The summed E-state index contributed by atoms with van der Waals surface area (Å²) in [4.78, 5) is 2.10. The Kier molecular flexibility index (Phi) is 11.5. The Labute approximate surface area is 148 Å². The van der Waals surface area contributed by atoms with Gasteiger partial charge in [-0.2, -0.15) is 0 Å². The minimum absolute atomic E-state index is 0. The lowest BCUT2D eigenvalue weighted by Gasteiger charge is -2.28. The molecule has 1 rings (SSSR count). The van der Waals surface area contributed by atoms with E-state index in [-0.39, 0.29) is 12.4 Å². The maximum Gasteiger partial charge on any atom is 0.501 e. The second-order valence-corrected chi connectivity index (χ2v) is 8.01. The molecule has 0 radical (unpaired) electrons. The molecule has 0 aliphatic heterocycles. The zero-order chi connectivity index (χ0) is 16.4. The highest BCUT2D eigenvalue weighted by molar-refractivity contribution is 6.60. The summed E-state index contributed by atoms with van der Waals surface area (Å²) in [6.45, 7) is 8.83. The fourth-order valence-electron chi connectivity index (χ4n) is 2.38. The number of nitrogens with zero attached hydrogens (tertiary/aromatic N) is 2. The summed E-state index contributed by atoms with van der Waals surface area (Å²) in [5, 5.41) is 0. The van der Waals surface area contributed by atoms with Crippen LogP contribution in [0.5, 0.6) is 0 Å². The van der Waals surface area contributed by atoms with E-state index in [1.165, 1.54) is 5.69 Å². The Balaban J connectivity index is 0.00000484. The summed E-state index contributed by atoms with van der Waals surface area (Å²) < 4.78 is 19.8. The van der Waals surface area contributed by atoms with Gasteiger partial charge in [0.2, 0.25) is 0 Å². The van der Waals surface area contributed by atoms with Gasteiger partial charge < -0.3 is 30.6 Å². The molecule has 0 unspecified atom stereocenters. The summed E-state index contributed by atoms with van der Waals surface area (Å²) in [7, 11) is 1.60. The van der Waals surface area contributed by atoms with Crippen molar-refractivity contribution in [3.63, 3.8) is 0 Å². The van der Waals surface area contributed by atoms with E-state index >= 15 is 0 Å². The summed E-state index contributed by atoms with van der Waals surface area (Å²) in [5.74, 6) is 0. The van der Waals surface area contributed by atoms with E-state index in [4.69, 9.17) is 13.3 Å². The van der Waals surface area contributed by atoms with Crippen molar-refractivity contribution in [2.75, 3.05) is 38.8 Å². The maximum absolute atomic E-state index is 5.88. The van der Waals surface area contributed by atoms with Gasteiger partial charge in [-0.25, -0.2) is 4.57 Å². The first kappa shape index (κ1) is 22.3. The highest BCUT2D eigenvalue weighted by Crippen LogP contribution is 2.18. The summed E-state index contributed by atoms with van der Waals surface area (Å²) in [6.07, 6.45) is 5.21. The number of anilines is 1. The average Bonchev–Trinajstić information content (AvgIpc) is 2.48. The normalized spacial score (nSPS) is 11.2. The number of hydrogen-bond acceptors (Lipinski definition) is 4. The van der Waals surface area contributed by atoms with E-state index in [2.05, 4.69) is 34.0 Å². The molecular formula is C16H31ClN2O3Si. The predicted octanol–water partition coefficient (Wildman–Crippen LogP) is -0.517. The van der Waals surface area contributed by atoms with Crippen molar-refractivity contribution in [1.82, 2.24) is 0 Å². The van der Waals surface area contributed by atoms with E-state index in [0.29, 0.717) is 19.8 Å². The SMILES string of the molecule is CCO[Si](CCC[n+]1ccc(N(C)C)cc1)(OCC)OCC.[Cl-]. The van der Waals surface area contributed by atoms with E-state index in [9.17, 15) is 0 Å². The van der Waals surface area contributed by atoms with Gasteiger partial charge in [0.05, 0.1) is 0 Å². The molecule has 0 amide bonds. The lowest BCUT2D eigenvalue weighted by atomic mass is 10.3. The molecule has 1 aromatic rings. The van der Waals surface area contributed by atoms with Crippen molar-refractivity contribution < 1.29 is 30.3 Å². The summed E-state index contributed by atoms with van der Waals surface area (Å²) in [5.41, 5.74) is 1.21. The van der Waals surface area contributed by atoms with Crippen LogP contribution in [0.4, 0.5) is 5.69 Å².